The Kier molecular flexibility index (Phi) is 7.19. The van der Waals surface area contributed by atoms with Crippen LogP contribution in [0.1, 0.15) is 36.0 Å². The highest BCUT2D eigenvalue weighted by atomic mass is 19.1. The minimum atomic E-state index is -0.537. The lowest BCUT2D eigenvalue weighted by atomic mass is 10.2. The number of nitrogens with one attached hydrogen (secondary N) is 2. The van der Waals surface area contributed by atoms with Crippen molar-refractivity contribution in [1.82, 2.24) is 0 Å². The highest BCUT2D eigenvalue weighted by Crippen LogP contribution is 2.26. The monoisotopic (exact) mass is 448 g/mol. The maximum absolute atomic E-state index is 13.7. The number of rotatable bonds is 8. The zero-order valence-electron chi connectivity index (χ0n) is 18.1. The second kappa shape index (κ2) is 10.6. The van der Waals surface area contributed by atoms with Gasteiger partial charge in [0.2, 0.25) is 0 Å². The van der Waals surface area contributed by atoms with E-state index in [1.54, 1.807) is 42.5 Å². The van der Waals surface area contributed by atoms with E-state index >= 15 is 0 Å². The van der Waals surface area contributed by atoms with Crippen molar-refractivity contribution < 1.29 is 23.5 Å². The number of carbonyl (C=O) groups excluding carboxylic acids is 2. The van der Waals surface area contributed by atoms with Crippen LogP contribution >= 0.6 is 0 Å². The van der Waals surface area contributed by atoms with E-state index < -0.39 is 11.7 Å². The van der Waals surface area contributed by atoms with Crippen LogP contribution in [-0.4, -0.2) is 24.5 Å². The van der Waals surface area contributed by atoms with Gasteiger partial charge in [0.25, 0.3) is 11.8 Å². The summed E-state index contributed by atoms with van der Waals surface area (Å²) >= 11 is 0. The first kappa shape index (κ1) is 22.3. The predicted molar refractivity (Wildman–Crippen MR) is 124 cm³/mol. The quantitative estimate of drug-likeness (QED) is 0.483. The van der Waals surface area contributed by atoms with Crippen molar-refractivity contribution in [1.29, 1.82) is 0 Å². The summed E-state index contributed by atoms with van der Waals surface area (Å²) in [7, 11) is 0. The summed E-state index contributed by atoms with van der Waals surface area (Å²) in [5, 5.41) is 5.28. The molecule has 1 aliphatic carbocycles. The fraction of sp³-hybridized carbons (Fsp3) is 0.231. The third kappa shape index (κ3) is 6.10. The standard InChI is InChI=1S/C26H25FN2O4/c27-22-10-4-5-11-23(22)29-25(30)17-32-24-12-6-3-9-21(24)26(31)28-18-13-15-20(16-14-18)33-19-7-1-2-8-19/h3-6,9-16,19H,1-2,7-8,17H2,(H,28,31)(H,29,30). The first-order chi connectivity index (χ1) is 16.1. The summed E-state index contributed by atoms with van der Waals surface area (Å²) in [6, 6.07) is 19.7. The number of hydrogen-bond acceptors (Lipinski definition) is 4. The molecule has 1 aliphatic rings. The number of halogens is 1. The molecular weight excluding hydrogens is 423 g/mol. The Morgan fingerprint density at radius 3 is 2.33 bits per heavy atom. The van der Waals surface area contributed by atoms with Crippen molar-refractivity contribution in [2.45, 2.75) is 31.8 Å². The molecule has 7 heteroatoms. The minimum absolute atomic E-state index is 0.0671. The molecule has 3 aromatic rings. The molecule has 2 amide bonds. The number of amides is 2. The molecule has 0 bridgehead atoms. The molecule has 33 heavy (non-hydrogen) atoms. The average Bonchev–Trinajstić information content (AvgIpc) is 3.34. The smallest absolute Gasteiger partial charge is 0.262 e. The Labute approximate surface area is 191 Å². The summed E-state index contributed by atoms with van der Waals surface area (Å²) in [5.41, 5.74) is 0.964. The number of hydrogen-bond donors (Lipinski definition) is 2. The van der Waals surface area contributed by atoms with Gasteiger partial charge in [-0.3, -0.25) is 9.59 Å². The maximum atomic E-state index is 13.7. The molecule has 6 nitrogen and oxygen atoms in total. The lowest BCUT2D eigenvalue weighted by molar-refractivity contribution is -0.118. The second-order valence-corrected chi connectivity index (χ2v) is 7.82. The number of carbonyl (C=O) groups is 2. The van der Waals surface area contributed by atoms with Gasteiger partial charge in [-0.1, -0.05) is 24.3 Å². The van der Waals surface area contributed by atoms with Crippen LogP contribution in [0.2, 0.25) is 0 Å². The molecule has 2 N–H and O–H groups in total. The average molecular weight is 448 g/mol. The van der Waals surface area contributed by atoms with Crippen LogP contribution in [0.3, 0.4) is 0 Å². The van der Waals surface area contributed by atoms with Crippen LogP contribution in [0.4, 0.5) is 15.8 Å². The first-order valence-corrected chi connectivity index (χ1v) is 10.9. The molecule has 170 valence electrons. The van der Waals surface area contributed by atoms with E-state index in [1.807, 2.05) is 12.1 Å². The van der Waals surface area contributed by atoms with Crippen LogP contribution in [0, 0.1) is 5.82 Å². The van der Waals surface area contributed by atoms with Gasteiger partial charge in [0.05, 0.1) is 17.4 Å². The molecule has 0 aliphatic heterocycles. The van der Waals surface area contributed by atoms with Crippen molar-refractivity contribution in [3.63, 3.8) is 0 Å². The van der Waals surface area contributed by atoms with Gasteiger partial charge >= 0.3 is 0 Å². The van der Waals surface area contributed by atoms with Gasteiger partial charge in [-0.05, 0) is 74.2 Å². The van der Waals surface area contributed by atoms with Crippen LogP contribution in [0.25, 0.3) is 0 Å². The van der Waals surface area contributed by atoms with Gasteiger partial charge in [0.15, 0.2) is 6.61 Å². The van der Waals surface area contributed by atoms with Gasteiger partial charge in [-0.25, -0.2) is 4.39 Å². The van der Waals surface area contributed by atoms with E-state index in [1.165, 1.54) is 31.0 Å². The van der Waals surface area contributed by atoms with Crippen molar-refractivity contribution in [2.24, 2.45) is 0 Å². The van der Waals surface area contributed by atoms with Gasteiger partial charge < -0.3 is 20.1 Å². The molecule has 0 spiro atoms. The fourth-order valence-corrected chi connectivity index (χ4v) is 3.69. The maximum Gasteiger partial charge on any atom is 0.262 e. The molecule has 0 radical (unpaired) electrons. The molecule has 3 aromatic carbocycles. The number of para-hydroxylation sites is 2. The van der Waals surface area contributed by atoms with Crippen LogP contribution in [0.15, 0.2) is 72.8 Å². The van der Waals surface area contributed by atoms with Crippen LogP contribution in [-0.2, 0) is 4.79 Å². The Morgan fingerprint density at radius 1 is 0.879 bits per heavy atom. The van der Waals surface area contributed by atoms with Gasteiger partial charge in [-0.15, -0.1) is 0 Å². The topological polar surface area (TPSA) is 76.7 Å². The molecule has 0 heterocycles. The second-order valence-electron chi connectivity index (χ2n) is 7.82. The zero-order valence-corrected chi connectivity index (χ0v) is 18.1. The summed E-state index contributed by atoms with van der Waals surface area (Å²) in [6.45, 7) is -0.369. The van der Waals surface area contributed by atoms with Crippen molar-refractivity contribution in [3.8, 4) is 11.5 Å². The minimum Gasteiger partial charge on any atom is -0.490 e. The molecule has 1 saturated carbocycles. The molecule has 0 aromatic heterocycles. The van der Waals surface area contributed by atoms with Crippen LogP contribution < -0.4 is 20.1 Å². The van der Waals surface area contributed by atoms with Crippen molar-refractivity contribution >= 4 is 23.2 Å². The number of anilines is 2. The number of ether oxygens (including phenoxy) is 2. The third-order valence-electron chi connectivity index (χ3n) is 5.36. The van der Waals surface area contributed by atoms with E-state index in [4.69, 9.17) is 9.47 Å². The van der Waals surface area contributed by atoms with Crippen LogP contribution in [0.5, 0.6) is 11.5 Å². The van der Waals surface area contributed by atoms with Gasteiger partial charge in [0.1, 0.15) is 17.3 Å². The van der Waals surface area contributed by atoms with E-state index in [0.717, 1.165) is 18.6 Å². The first-order valence-electron chi connectivity index (χ1n) is 10.9. The van der Waals surface area contributed by atoms with E-state index in [2.05, 4.69) is 10.6 Å². The van der Waals surface area contributed by atoms with E-state index in [0.29, 0.717) is 5.69 Å². The Bertz CT molecular complexity index is 1110. The summed E-state index contributed by atoms with van der Waals surface area (Å²) < 4.78 is 25.2. The largest absolute Gasteiger partial charge is 0.490 e. The lowest BCUT2D eigenvalue weighted by Crippen LogP contribution is -2.22. The lowest BCUT2D eigenvalue weighted by Gasteiger charge is -2.14. The Balaban J connectivity index is 1.34. The Hall–Kier alpha value is -3.87. The summed E-state index contributed by atoms with van der Waals surface area (Å²) in [5.74, 6) is -0.410. The molecule has 0 atom stereocenters. The molecule has 1 fully saturated rings. The zero-order chi connectivity index (χ0) is 23.0. The summed E-state index contributed by atoms with van der Waals surface area (Å²) in [4.78, 5) is 25.0. The molecule has 0 unspecified atom stereocenters. The van der Waals surface area contributed by atoms with Crippen molar-refractivity contribution in [3.05, 3.63) is 84.2 Å². The highest BCUT2D eigenvalue weighted by Gasteiger charge is 2.17. The highest BCUT2D eigenvalue weighted by molar-refractivity contribution is 6.06. The molecule has 0 saturated heterocycles. The van der Waals surface area contributed by atoms with Gasteiger partial charge in [-0.2, -0.15) is 0 Å². The van der Waals surface area contributed by atoms with Gasteiger partial charge in [0, 0.05) is 5.69 Å². The van der Waals surface area contributed by atoms with Crippen molar-refractivity contribution in [2.75, 3.05) is 17.2 Å². The van der Waals surface area contributed by atoms with E-state index in [9.17, 15) is 14.0 Å². The Morgan fingerprint density at radius 2 is 1.58 bits per heavy atom. The molecule has 4 rings (SSSR count). The third-order valence-corrected chi connectivity index (χ3v) is 5.36. The summed E-state index contributed by atoms with van der Waals surface area (Å²) in [6.07, 6.45) is 4.82. The predicted octanol–water partition coefficient (Wildman–Crippen LogP) is 5.42. The normalized spacial score (nSPS) is 13.4. The SMILES string of the molecule is O=C(COc1ccccc1C(=O)Nc1ccc(OC2CCCC2)cc1)Nc1ccccc1F. The fourth-order valence-electron chi connectivity index (χ4n) is 3.69. The molecular formula is C26H25FN2O4. The number of benzene rings is 3. The van der Waals surface area contributed by atoms with E-state index in [-0.39, 0.29) is 35.6 Å².